The number of rotatable bonds is 4. The lowest BCUT2D eigenvalue weighted by Crippen LogP contribution is -2.38. The van der Waals surface area contributed by atoms with Crippen molar-refractivity contribution in [2.24, 2.45) is 0 Å². The fourth-order valence-electron chi connectivity index (χ4n) is 3.59. The molecule has 0 N–H and O–H groups in total. The van der Waals surface area contributed by atoms with Crippen molar-refractivity contribution < 1.29 is 32.2 Å². The second kappa shape index (κ2) is 9.19. The molecule has 1 amide bonds. The number of methoxy groups -OCH3 is 1. The Morgan fingerprint density at radius 3 is 2.33 bits per heavy atom. The number of esters is 1. The average molecular weight is 421 g/mol. The van der Waals surface area contributed by atoms with E-state index in [0.717, 1.165) is 18.7 Å². The lowest BCUT2D eigenvalue weighted by molar-refractivity contribution is -0.138. The van der Waals surface area contributed by atoms with Crippen LogP contribution in [0, 0.1) is 0 Å². The molecule has 0 spiro atoms. The molecule has 5 nitrogen and oxygen atoms in total. The van der Waals surface area contributed by atoms with Crippen molar-refractivity contribution in [3.8, 4) is 0 Å². The van der Waals surface area contributed by atoms with E-state index in [-0.39, 0.29) is 23.7 Å². The number of hydrogen-bond donors (Lipinski definition) is 0. The number of carbonyl (C=O) groups is 2. The Hall–Kier alpha value is -3.03. The van der Waals surface area contributed by atoms with Crippen molar-refractivity contribution in [3.05, 3.63) is 70.8 Å². The molecule has 0 radical (unpaired) electrons. The van der Waals surface area contributed by atoms with Gasteiger partial charge in [-0.3, -0.25) is 0 Å². The van der Waals surface area contributed by atoms with Gasteiger partial charge in [-0.1, -0.05) is 36.4 Å². The zero-order valence-electron chi connectivity index (χ0n) is 16.4. The molecule has 0 saturated carbocycles. The van der Waals surface area contributed by atoms with Gasteiger partial charge in [-0.25, -0.2) is 9.59 Å². The van der Waals surface area contributed by atoms with Crippen LogP contribution in [0.25, 0.3) is 0 Å². The number of alkyl halides is 3. The summed E-state index contributed by atoms with van der Waals surface area (Å²) in [6, 6.07) is 12.8. The van der Waals surface area contributed by atoms with E-state index in [0.29, 0.717) is 25.9 Å². The van der Waals surface area contributed by atoms with Gasteiger partial charge < -0.3 is 14.4 Å². The predicted octanol–water partition coefficient (Wildman–Crippen LogP) is 5.01. The van der Waals surface area contributed by atoms with Gasteiger partial charge in [0.05, 0.1) is 18.2 Å². The highest BCUT2D eigenvalue weighted by molar-refractivity contribution is 5.89. The molecule has 0 unspecified atom stereocenters. The molecule has 30 heavy (non-hydrogen) atoms. The van der Waals surface area contributed by atoms with Crippen LogP contribution in [-0.2, 0) is 22.3 Å². The predicted molar refractivity (Wildman–Crippen MR) is 103 cm³/mol. The van der Waals surface area contributed by atoms with E-state index in [1.54, 1.807) is 0 Å². The average Bonchev–Trinajstić information content (AvgIpc) is 2.76. The van der Waals surface area contributed by atoms with Gasteiger partial charge in [0, 0.05) is 13.1 Å². The molecule has 1 heterocycles. The van der Waals surface area contributed by atoms with Crippen molar-refractivity contribution >= 4 is 12.1 Å². The highest BCUT2D eigenvalue weighted by Crippen LogP contribution is 2.39. The van der Waals surface area contributed by atoms with Crippen molar-refractivity contribution in [1.82, 2.24) is 4.90 Å². The zero-order chi connectivity index (χ0) is 21.7. The molecular formula is C22H22F3NO4. The third-order valence-electron chi connectivity index (χ3n) is 5.18. The first-order valence-corrected chi connectivity index (χ1v) is 9.54. The van der Waals surface area contributed by atoms with Crippen LogP contribution in [0.15, 0.2) is 48.5 Å². The Kier molecular flexibility index (Phi) is 6.64. The molecule has 2 aromatic rings. The smallest absolute Gasteiger partial charge is 0.416 e. The zero-order valence-corrected chi connectivity index (χ0v) is 16.4. The molecule has 160 valence electrons. The van der Waals surface area contributed by atoms with Gasteiger partial charge in [0.25, 0.3) is 0 Å². The number of likely N-dealkylation sites (tertiary alicyclic amines) is 1. The van der Waals surface area contributed by atoms with Gasteiger partial charge in [-0.2, -0.15) is 13.2 Å². The summed E-state index contributed by atoms with van der Waals surface area (Å²) in [4.78, 5) is 25.4. The molecule has 8 heteroatoms. The Morgan fingerprint density at radius 1 is 1.07 bits per heavy atom. The third-order valence-corrected chi connectivity index (χ3v) is 5.18. The number of hydrogen-bond acceptors (Lipinski definition) is 4. The van der Waals surface area contributed by atoms with E-state index in [2.05, 4.69) is 4.74 Å². The molecule has 0 aliphatic carbocycles. The largest absolute Gasteiger partial charge is 0.465 e. The first-order chi connectivity index (χ1) is 14.3. The van der Waals surface area contributed by atoms with Crippen molar-refractivity contribution in [3.63, 3.8) is 0 Å². The number of halogens is 3. The Balaban J connectivity index is 1.65. The number of nitrogens with zero attached hydrogens (tertiary/aromatic N) is 1. The summed E-state index contributed by atoms with van der Waals surface area (Å²) in [5.41, 5.74) is 0.0136. The number of amides is 1. The summed E-state index contributed by atoms with van der Waals surface area (Å²) >= 11 is 0. The summed E-state index contributed by atoms with van der Waals surface area (Å²) in [5.74, 6) is -1.19. The van der Waals surface area contributed by atoms with Crippen LogP contribution < -0.4 is 0 Å². The molecule has 1 saturated heterocycles. The second-order valence-corrected chi connectivity index (χ2v) is 7.09. The SMILES string of the molecule is COC(=O)c1ccc(C2CCN(C(=O)OCc3ccccc3)CC2)c(C(F)(F)F)c1. The van der Waals surface area contributed by atoms with Gasteiger partial charge in [0.2, 0.25) is 0 Å². The number of carbonyl (C=O) groups excluding carboxylic acids is 2. The molecule has 1 fully saturated rings. The molecule has 1 aliphatic rings. The van der Waals surface area contributed by atoms with Gasteiger partial charge in [-0.05, 0) is 42.0 Å². The number of ether oxygens (including phenoxy) is 2. The van der Waals surface area contributed by atoms with Crippen LogP contribution in [0.3, 0.4) is 0 Å². The number of piperidine rings is 1. The quantitative estimate of drug-likeness (QED) is 0.652. The normalized spacial score (nSPS) is 15.0. The summed E-state index contributed by atoms with van der Waals surface area (Å²) in [6.45, 7) is 0.746. The molecule has 2 aromatic carbocycles. The molecular weight excluding hydrogens is 399 g/mol. The minimum absolute atomic E-state index is 0.132. The van der Waals surface area contributed by atoms with E-state index in [1.807, 2.05) is 30.3 Å². The summed E-state index contributed by atoms with van der Waals surface area (Å²) < 4.78 is 50.6. The highest BCUT2D eigenvalue weighted by Gasteiger charge is 2.37. The fourth-order valence-corrected chi connectivity index (χ4v) is 3.59. The standard InChI is InChI=1S/C22H22F3NO4/c1-29-20(27)17-7-8-18(19(13-17)22(23,24)25)16-9-11-26(12-10-16)21(28)30-14-15-5-3-2-4-6-15/h2-8,13,16H,9-12,14H2,1H3. The Labute approximate surface area is 172 Å². The first-order valence-electron chi connectivity index (χ1n) is 9.54. The third kappa shape index (κ3) is 5.11. The Bertz CT molecular complexity index is 891. The first kappa shape index (κ1) is 21.7. The molecule has 0 bridgehead atoms. The lowest BCUT2D eigenvalue weighted by Gasteiger charge is -2.32. The molecule has 0 atom stereocenters. The molecule has 3 rings (SSSR count). The minimum atomic E-state index is -4.59. The van der Waals surface area contributed by atoms with E-state index in [9.17, 15) is 22.8 Å². The minimum Gasteiger partial charge on any atom is -0.465 e. The van der Waals surface area contributed by atoms with Crippen LogP contribution in [0.1, 0.15) is 45.8 Å². The molecule has 0 aromatic heterocycles. The second-order valence-electron chi connectivity index (χ2n) is 7.09. The van der Waals surface area contributed by atoms with E-state index >= 15 is 0 Å². The maximum absolute atomic E-state index is 13.6. The van der Waals surface area contributed by atoms with E-state index in [4.69, 9.17) is 4.74 Å². The highest BCUT2D eigenvalue weighted by atomic mass is 19.4. The van der Waals surface area contributed by atoms with Crippen LogP contribution in [0.5, 0.6) is 0 Å². The fraction of sp³-hybridized carbons (Fsp3) is 0.364. The summed E-state index contributed by atoms with van der Waals surface area (Å²) in [7, 11) is 1.12. The van der Waals surface area contributed by atoms with Crippen LogP contribution in [-0.4, -0.2) is 37.2 Å². The van der Waals surface area contributed by atoms with Crippen LogP contribution in [0.2, 0.25) is 0 Å². The van der Waals surface area contributed by atoms with Gasteiger partial charge >= 0.3 is 18.2 Å². The maximum atomic E-state index is 13.6. The monoisotopic (exact) mass is 421 g/mol. The lowest BCUT2D eigenvalue weighted by atomic mass is 9.85. The van der Waals surface area contributed by atoms with Crippen molar-refractivity contribution in [1.29, 1.82) is 0 Å². The van der Waals surface area contributed by atoms with Crippen molar-refractivity contribution in [2.75, 3.05) is 20.2 Å². The van der Waals surface area contributed by atoms with E-state index < -0.39 is 23.8 Å². The van der Waals surface area contributed by atoms with Gasteiger partial charge in [-0.15, -0.1) is 0 Å². The van der Waals surface area contributed by atoms with Crippen LogP contribution in [0.4, 0.5) is 18.0 Å². The maximum Gasteiger partial charge on any atom is 0.416 e. The van der Waals surface area contributed by atoms with E-state index in [1.165, 1.54) is 17.0 Å². The van der Waals surface area contributed by atoms with Crippen molar-refractivity contribution in [2.45, 2.75) is 31.5 Å². The molecule has 1 aliphatic heterocycles. The van der Waals surface area contributed by atoms with Gasteiger partial charge in [0.15, 0.2) is 0 Å². The topological polar surface area (TPSA) is 55.8 Å². The summed E-state index contributed by atoms with van der Waals surface area (Å²) in [6.07, 6.45) is -4.32. The number of benzene rings is 2. The summed E-state index contributed by atoms with van der Waals surface area (Å²) in [5, 5.41) is 0. The Morgan fingerprint density at radius 2 is 1.73 bits per heavy atom. The van der Waals surface area contributed by atoms with Gasteiger partial charge in [0.1, 0.15) is 6.61 Å². The van der Waals surface area contributed by atoms with Crippen LogP contribution >= 0.6 is 0 Å².